The summed E-state index contributed by atoms with van der Waals surface area (Å²) >= 11 is 0. The number of nitrogens with two attached hydrogens (primary N) is 1. The Balaban J connectivity index is 2.56. The van der Waals surface area contributed by atoms with Gasteiger partial charge in [0.05, 0.1) is 12.1 Å². The van der Waals surface area contributed by atoms with Gasteiger partial charge in [-0.1, -0.05) is 0 Å². The standard InChI is InChI=1S/C11H23N5O4S/c1-8(2)20-11(17)14-21(18,19)16-6-4-15(5-7-16)9(3)10(12)13/h8-9H,4-7H2,1-3H3,(H3,12,13)(H,14,17). The average Bonchev–Trinajstić information content (AvgIpc) is 2.36. The van der Waals surface area contributed by atoms with E-state index in [1.54, 1.807) is 20.8 Å². The summed E-state index contributed by atoms with van der Waals surface area (Å²) in [4.78, 5) is 13.3. The highest BCUT2D eigenvalue weighted by Crippen LogP contribution is 2.09. The van der Waals surface area contributed by atoms with Gasteiger partial charge in [0.2, 0.25) is 0 Å². The molecule has 0 aromatic heterocycles. The number of hydrogen-bond donors (Lipinski definition) is 3. The summed E-state index contributed by atoms with van der Waals surface area (Å²) in [5.74, 6) is 0.0462. The molecule has 1 saturated heterocycles. The molecule has 1 amide bonds. The van der Waals surface area contributed by atoms with E-state index in [0.29, 0.717) is 13.1 Å². The Hall–Kier alpha value is -1.39. The first-order valence-corrected chi connectivity index (χ1v) is 8.14. The predicted molar refractivity (Wildman–Crippen MR) is 78.2 cm³/mol. The smallest absolute Gasteiger partial charge is 0.422 e. The molecule has 1 unspecified atom stereocenters. The molecule has 0 aliphatic carbocycles. The van der Waals surface area contributed by atoms with E-state index in [0.717, 1.165) is 0 Å². The van der Waals surface area contributed by atoms with Crippen LogP contribution in [0.25, 0.3) is 0 Å². The molecule has 0 aromatic carbocycles. The van der Waals surface area contributed by atoms with Crippen LogP contribution in [0.3, 0.4) is 0 Å². The van der Waals surface area contributed by atoms with Crippen LogP contribution in [0.2, 0.25) is 0 Å². The molecule has 1 heterocycles. The second kappa shape index (κ2) is 7.05. The highest BCUT2D eigenvalue weighted by Gasteiger charge is 2.30. The number of amidine groups is 1. The lowest BCUT2D eigenvalue weighted by molar-refractivity contribution is 0.120. The zero-order valence-corrected chi connectivity index (χ0v) is 13.3. The number of hydrogen-bond acceptors (Lipinski definition) is 6. The monoisotopic (exact) mass is 321 g/mol. The zero-order chi connectivity index (χ0) is 16.2. The van der Waals surface area contributed by atoms with Crippen LogP contribution < -0.4 is 10.5 Å². The molecule has 0 spiro atoms. The second-order valence-electron chi connectivity index (χ2n) is 5.13. The molecule has 4 N–H and O–H groups in total. The molecule has 0 aromatic rings. The molecule has 0 saturated carbocycles. The number of nitrogens with one attached hydrogen (secondary N) is 2. The van der Waals surface area contributed by atoms with Crippen molar-refractivity contribution in [3.8, 4) is 0 Å². The van der Waals surface area contributed by atoms with Crippen LogP contribution in [0.5, 0.6) is 0 Å². The molecular formula is C11H23N5O4S. The Bertz CT molecular complexity index is 485. The lowest BCUT2D eigenvalue weighted by Gasteiger charge is -2.36. The van der Waals surface area contributed by atoms with Crippen molar-refractivity contribution in [1.82, 2.24) is 13.9 Å². The summed E-state index contributed by atoms with van der Waals surface area (Å²) in [6.45, 7) is 6.40. The molecule has 1 aliphatic heterocycles. The van der Waals surface area contributed by atoms with Crippen molar-refractivity contribution in [2.75, 3.05) is 26.2 Å². The summed E-state index contributed by atoms with van der Waals surface area (Å²) in [7, 11) is -3.90. The number of carbonyl (C=O) groups excluding carboxylic acids is 1. The molecule has 1 rings (SSSR count). The molecule has 0 bridgehead atoms. The summed E-state index contributed by atoms with van der Waals surface area (Å²) in [5.41, 5.74) is 5.44. The third kappa shape index (κ3) is 5.14. The van der Waals surface area contributed by atoms with Gasteiger partial charge in [-0.05, 0) is 20.8 Å². The lowest BCUT2D eigenvalue weighted by atomic mass is 10.2. The van der Waals surface area contributed by atoms with Gasteiger partial charge in [-0.3, -0.25) is 10.3 Å². The molecule has 1 fully saturated rings. The van der Waals surface area contributed by atoms with E-state index >= 15 is 0 Å². The van der Waals surface area contributed by atoms with Crippen LogP contribution in [0.4, 0.5) is 4.79 Å². The Labute approximate surface area is 125 Å². The van der Waals surface area contributed by atoms with Crippen LogP contribution in [0.1, 0.15) is 20.8 Å². The van der Waals surface area contributed by atoms with E-state index in [2.05, 4.69) is 0 Å². The Morgan fingerprint density at radius 3 is 2.19 bits per heavy atom. The first-order valence-electron chi connectivity index (χ1n) is 6.70. The van der Waals surface area contributed by atoms with Crippen molar-refractivity contribution in [3.63, 3.8) is 0 Å². The van der Waals surface area contributed by atoms with Crippen molar-refractivity contribution < 1.29 is 17.9 Å². The Kier molecular flexibility index (Phi) is 5.93. The van der Waals surface area contributed by atoms with Crippen LogP contribution in [0.15, 0.2) is 0 Å². The Morgan fingerprint density at radius 1 is 1.24 bits per heavy atom. The van der Waals surface area contributed by atoms with Gasteiger partial charge in [0.15, 0.2) is 0 Å². The van der Waals surface area contributed by atoms with Gasteiger partial charge in [0, 0.05) is 26.2 Å². The van der Waals surface area contributed by atoms with Gasteiger partial charge in [0.1, 0.15) is 5.84 Å². The second-order valence-corrected chi connectivity index (χ2v) is 6.80. The molecule has 122 valence electrons. The van der Waals surface area contributed by atoms with Crippen molar-refractivity contribution >= 4 is 22.1 Å². The van der Waals surface area contributed by atoms with Gasteiger partial charge in [-0.2, -0.15) is 12.7 Å². The van der Waals surface area contributed by atoms with E-state index in [9.17, 15) is 13.2 Å². The Morgan fingerprint density at radius 2 is 1.76 bits per heavy atom. The minimum Gasteiger partial charge on any atom is -0.446 e. The number of rotatable bonds is 5. The maximum absolute atomic E-state index is 12.0. The van der Waals surface area contributed by atoms with E-state index < -0.39 is 22.4 Å². The average molecular weight is 321 g/mol. The largest absolute Gasteiger partial charge is 0.446 e. The van der Waals surface area contributed by atoms with Crippen LogP contribution >= 0.6 is 0 Å². The van der Waals surface area contributed by atoms with Gasteiger partial charge < -0.3 is 10.5 Å². The molecule has 1 aliphatic rings. The van der Waals surface area contributed by atoms with Gasteiger partial charge >= 0.3 is 16.3 Å². The van der Waals surface area contributed by atoms with Crippen LogP contribution in [-0.2, 0) is 14.9 Å². The fraction of sp³-hybridized carbons (Fsp3) is 0.818. The maximum Gasteiger partial charge on any atom is 0.422 e. The van der Waals surface area contributed by atoms with E-state index in [4.69, 9.17) is 15.9 Å². The summed E-state index contributed by atoms with van der Waals surface area (Å²) in [6.07, 6.45) is -1.38. The molecule has 21 heavy (non-hydrogen) atoms. The maximum atomic E-state index is 12.0. The summed E-state index contributed by atoms with van der Waals surface area (Å²) < 4.78 is 31.8. The number of piperazine rings is 1. The third-order valence-corrected chi connectivity index (χ3v) is 4.64. The van der Waals surface area contributed by atoms with Crippen molar-refractivity contribution in [3.05, 3.63) is 0 Å². The van der Waals surface area contributed by atoms with E-state index in [-0.39, 0.29) is 25.0 Å². The summed E-state index contributed by atoms with van der Waals surface area (Å²) in [6, 6.07) is -0.228. The van der Waals surface area contributed by atoms with Gasteiger partial charge in [-0.15, -0.1) is 0 Å². The van der Waals surface area contributed by atoms with E-state index in [1.807, 2.05) is 9.62 Å². The zero-order valence-electron chi connectivity index (χ0n) is 12.5. The number of amides is 1. The van der Waals surface area contributed by atoms with Crippen molar-refractivity contribution in [2.24, 2.45) is 5.73 Å². The minimum absolute atomic E-state index is 0.0462. The van der Waals surface area contributed by atoms with Crippen LogP contribution in [0, 0.1) is 5.41 Å². The molecule has 10 heteroatoms. The highest BCUT2D eigenvalue weighted by molar-refractivity contribution is 7.87. The predicted octanol–water partition coefficient (Wildman–Crippen LogP) is -0.692. The summed E-state index contributed by atoms with van der Waals surface area (Å²) in [5, 5.41) is 7.40. The third-order valence-electron chi connectivity index (χ3n) is 3.17. The molecule has 0 radical (unpaired) electrons. The normalized spacial score (nSPS) is 19.2. The van der Waals surface area contributed by atoms with Crippen molar-refractivity contribution in [1.29, 1.82) is 5.41 Å². The quantitative estimate of drug-likeness (QED) is 0.454. The molecular weight excluding hydrogens is 298 g/mol. The minimum atomic E-state index is -3.90. The first-order chi connectivity index (χ1) is 9.63. The lowest BCUT2D eigenvalue weighted by Crippen LogP contribution is -2.56. The molecule has 1 atom stereocenters. The fourth-order valence-corrected chi connectivity index (χ4v) is 2.97. The SMILES string of the molecule is CC(C)OC(=O)NS(=O)(=O)N1CCN(C(C)C(=N)N)CC1. The topological polar surface area (TPSA) is 129 Å². The van der Waals surface area contributed by atoms with Gasteiger partial charge in [0.25, 0.3) is 0 Å². The number of nitrogens with zero attached hydrogens (tertiary/aromatic N) is 2. The van der Waals surface area contributed by atoms with Crippen LogP contribution in [-0.4, -0.2) is 67.9 Å². The molecule has 9 nitrogen and oxygen atoms in total. The van der Waals surface area contributed by atoms with E-state index in [1.165, 1.54) is 4.31 Å². The first kappa shape index (κ1) is 17.7. The number of carbonyl (C=O) groups is 1. The van der Waals surface area contributed by atoms with Gasteiger partial charge in [-0.25, -0.2) is 9.52 Å². The fourth-order valence-electron chi connectivity index (χ4n) is 1.94. The van der Waals surface area contributed by atoms with Crippen molar-refractivity contribution in [2.45, 2.75) is 32.9 Å². The number of ether oxygens (including phenoxy) is 1. The highest BCUT2D eigenvalue weighted by atomic mass is 32.2.